The molecule has 1 fully saturated rings. The molecule has 100 valence electrons. The van der Waals surface area contributed by atoms with Gasteiger partial charge in [0.1, 0.15) is 5.82 Å². The van der Waals surface area contributed by atoms with Crippen molar-refractivity contribution in [1.29, 1.82) is 0 Å². The van der Waals surface area contributed by atoms with E-state index in [4.69, 9.17) is 4.52 Å². The van der Waals surface area contributed by atoms with Gasteiger partial charge in [-0.05, 0) is 30.5 Å². The van der Waals surface area contributed by atoms with Crippen molar-refractivity contribution in [2.75, 3.05) is 6.54 Å². The molecule has 0 atom stereocenters. The Labute approximate surface area is 111 Å². The second-order valence-electron chi connectivity index (χ2n) is 4.89. The Bertz CT molecular complexity index is 551. The van der Waals surface area contributed by atoms with Crippen LogP contribution in [0, 0.1) is 5.82 Å². The van der Waals surface area contributed by atoms with Gasteiger partial charge in [-0.3, -0.25) is 0 Å². The lowest BCUT2D eigenvalue weighted by Crippen LogP contribution is -2.19. The lowest BCUT2D eigenvalue weighted by Gasteiger charge is -1.97. The van der Waals surface area contributed by atoms with Crippen LogP contribution >= 0.6 is 0 Å². The monoisotopic (exact) mass is 261 g/mol. The van der Waals surface area contributed by atoms with E-state index in [0.29, 0.717) is 24.2 Å². The molecule has 1 aromatic heterocycles. The van der Waals surface area contributed by atoms with Gasteiger partial charge in [0.25, 0.3) is 0 Å². The van der Waals surface area contributed by atoms with Crippen molar-refractivity contribution in [3.63, 3.8) is 0 Å². The summed E-state index contributed by atoms with van der Waals surface area (Å²) in [6.07, 6.45) is 3.78. The lowest BCUT2D eigenvalue weighted by molar-refractivity contribution is 0.371. The Morgan fingerprint density at radius 2 is 2.26 bits per heavy atom. The third-order valence-electron chi connectivity index (χ3n) is 3.11. The molecule has 0 bridgehead atoms. The van der Waals surface area contributed by atoms with Crippen LogP contribution < -0.4 is 5.32 Å². The highest BCUT2D eigenvalue weighted by Crippen LogP contribution is 2.18. The van der Waals surface area contributed by atoms with Crippen molar-refractivity contribution < 1.29 is 8.91 Å². The van der Waals surface area contributed by atoms with Gasteiger partial charge >= 0.3 is 0 Å². The molecule has 1 N–H and O–H groups in total. The minimum atomic E-state index is -0.241. The zero-order valence-corrected chi connectivity index (χ0v) is 10.6. The van der Waals surface area contributed by atoms with Gasteiger partial charge in [0.05, 0.1) is 0 Å². The fourth-order valence-corrected chi connectivity index (χ4v) is 1.96. The van der Waals surface area contributed by atoms with Crippen molar-refractivity contribution >= 4 is 0 Å². The number of nitrogens with zero attached hydrogens (tertiary/aromatic N) is 2. The first kappa shape index (κ1) is 12.3. The number of aromatic nitrogens is 2. The van der Waals surface area contributed by atoms with E-state index in [-0.39, 0.29) is 5.82 Å². The normalized spacial score (nSPS) is 14.8. The summed E-state index contributed by atoms with van der Waals surface area (Å²) >= 11 is 0. The molecule has 5 heteroatoms. The Morgan fingerprint density at radius 1 is 1.37 bits per heavy atom. The van der Waals surface area contributed by atoms with E-state index >= 15 is 0 Å². The van der Waals surface area contributed by atoms with Crippen molar-refractivity contribution in [2.45, 2.75) is 31.7 Å². The molecular weight excluding hydrogens is 245 g/mol. The maximum atomic E-state index is 13.1. The quantitative estimate of drug-likeness (QED) is 0.865. The highest BCUT2D eigenvalue weighted by molar-refractivity contribution is 5.19. The molecule has 0 radical (unpaired) electrons. The number of rotatable bonds is 6. The van der Waals surface area contributed by atoms with Crippen LogP contribution in [0.1, 0.15) is 30.1 Å². The topological polar surface area (TPSA) is 51.0 Å². The van der Waals surface area contributed by atoms with Gasteiger partial charge < -0.3 is 9.84 Å². The summed E-state index contributed by atoms with van der Waals surface area (Å²) in [6.45, 7) is 0.867. The summed E-state index contributed by atoms with van der Waals surface area (Å²) in [5.41, 5.74) is 0.850. The average molecular weight is 261 g/mol. The van der Waals surface area contributed by atoms with Gasteiger partial charge in [-0.25, -0.2) is 4.39 Å². The molecule has 0 aliphatic heterocycles. The maximum absolute atomic E-state index is 13.1. The van der Waals surface area contributed by atoms with Gasteiger partial charge in [0, 0.05) is 25.4 Å². The molecule has 3 rings (SSSR count). The van der Waals surface area contributed by atoms with Crippen molar-refractivity contribution in [3.8, 4) is 0 Å². The average Bonchev–Trinajstić information content (AvgIpc) is 3.10. The number of hydrogen-bond acceptors (Lipinski definition) is 4. The maximum Gasteiger partial charge on any atom is 0.227 e. The molecule has 4 nitrogen and oxygen atoms in total. The van der Waals surface area contributed by atoms with Crippen LogP contribution in [-0.2, 0) is 12.8 Å². The van der Waals surface area contributed by atoms with E-state index < -0.39 is 0 Å². The third kappa shape index (κ3) is 3.61. The summed E-state index contributed by atoms with van der Waals surface area (Å²) in [4.78, 5) is 4.31. The summed E-state index contributed by atoms with van der Waals surface area (Å²) < 4.78 is 18.2. The Balaban J connectivity index is 1.54. The van der Waals surface area contributed by atoms with E-state index in [1.54, 1.807) is 6.07 Å². The molecule has 1 aromatic carbocycles. The summed E-state index contributed by atoms with van der Waals surface area (Å²) in [5, 5.41) is 7.31. The third-order valence-corrected chi connectivity index (χ3v) is 3.11. The molecule has 19 heavy (non-hydrogen) atoms. The Hall–Kier alpha value is -1.75. The van der Waals surface area contributed by atoms with E-state index in [1.165, 1.54) is 25.0 Å². The highest BCUT2D eigenvalue weighted by atomic mass is 19.1. The van der Waals surface area contributed by atoms with Crippen LogP contribution in [0.3, 0.4) is 0 Å². The van der Waals surface area contributed by atoms with Crippen LogP contribution in [0.25, 0.3) is 0 Å². The van der Waals surface area contributed by atoms with Crippen molar-refractivity contribution in [2.24, 2.45) is 0 Å². The number of nitrogens with one attached hydrogen (secondary N) is 1. The van der Waals surface area contributed by atoms with E-state index in [2.05, 4.69) is 15.5 Å². The smallest absolute Gasteiger partial charge is 0.227 e. The van der Waals surface area contributed by atoms with Crippen LogP contribution in [0.2, 0.25) is 0 Å². The fourth-order valence-electron chi connectivity index (χ4n) is 1.96. The van der Waals surface area contributed by atoms with Crippen LogP contribution in [0.4, 0.5) is 4.39 Å². The van der Waals surface area contributed by atoms with Crippen LogP contribution in [0.15, 0.2) is 28.8 Å². The largest absolute Gasteiger partial charge is 0.339 e. The Kier molecular flexibility index (Phi) is 3.55. The summed E-state index contributed by atoms with van der Waals surface area (Å²) in [6, 6.07) is 7.15. The van der Waals surface area contributed by atoms with Crippen LogP contribution in [-0.4, -0.2) is 22.7 Å². The molecule has 1 heterocycles. The van der Waals surface area contributed by atoms with Gasteiger partial charge in [0.2, 0.25) is 5.89 Å². The van der Waals surface area contributed by atoms with Gasteiger partial charge in [-0.1, -0.05) is 17.3 Å². The number of benzene rings is 1. The highest BCUT2D eigenvalue weighted by Gasteiger charge is 2.20. The summed E-state index contributed by atoms with van der Waals surface area (Å²) in [7, 11) is 0. The summed E-state index contributed by atoms with van der Waals surface area (Å²) in [5.74, 6) is 1.00. The van der Waals surface area contributed by atoms with E-state index in [1.807, 2.05) is 6.07 Å². The fraction of sp³-hybridized carbons (Fsp3) is 0.429. The first-order valence-corrected chi connectivity index (χ1v) is 6.59. The zero-order chi connectivity index (χ0) is 13.1. The predicted octanol–water partition coefficient (Wildman–Crippen LogP) is 2.09. The molecule has 0 unspecified atom stereocenters. The number of hydrogen-bond donors (Lipinski definition) is 1. The minimum absolute atomic E-state index is 0.241. The molecule has 1 aliphatic rings. The first-order valence-electron chi connectivity index (χ1n) is 6.59. The van der Waals surface area contributed by atoms with E-state index in [9.17, 15) is 4.39 Å². The van der Waals surface area contributed by atoms with Crippen molar-refractivity contribution in [1.82, 2.24) is 15.5 Å². The lowest BCUT2D eigenvalue weighted by atomic mass is 10.1. The molecular formula is C14H16FN3O. The molecule has 0 spiro atoms. The van der Waals surface area contributed by atoms with Crippen LogP contribution in [0.5, 0.6) is 0 Å². The Morgan fingerprint density at radius 3 is 3.05 bits per heavy atom. The molecule has 1 saturated carbocycles. The molecule has 0 saturated heterocycles. The van der Waals surface area contributed by atoms with Crippen molar-refractivity contribution in [3.05, 3.63) is 47.4 Å². The SMILES string of the molecule is Fc1cccc(Cc2noc(CCNC3CC3)n2)c1. The molecule has 0 amide bonds. The number of halogens is 1. The molecule has 2 aromatic rings. The molecule has 1 aliphatic carbocycles. The predicted molar refractivity (Wildman–Crippen MR) is 68.2 cm³/mol. The van der Waals surface area contributed by atoms with E-state index in [0.717, 1.165) is 18.5 Å². The van der Waals surface area contributed by atoms with Gasteiger partial charge in [0.15, 0.2) is 5.82 Å². The second kappa shape index (κ2) is 5.48. The zero-order valence-electron chi connectivity index (χ0n) is 10.6. The second-order valence-corrected chi connectivity index (χ2v) is 4.89. The van der Waals surface area contributed by atoms with Gasteiger partial charge in [-0.2, -0.15) is 4.98 Å². The standard InChI is InChI=1S/C14H16FN3O/c15-11-3-1-2-10(8-11)9-13-17-14(19-18-13)6-7-16-12-4-5-12/h1-3,8,12,16H,4-7,9H2. The van der Waals surface area contributed by atoms with Gasteiger partial charge in [-0.15, -0.1) is 0 Å². The first-order chi connectivity index (χ1) is 9.29. The minimum Gasteiger partial charge on any atom is -0.339 e.